The Hall–Kier alpha value is -2.22. The van der Waals surface area contributed by atoms with Crippen molar-refractivity contribution in [1.82, 2.24) is 0 Å². The zero-order valence-corrected chi connectivity index (χ0v) is 10.8. The Morgan fingerprint density at radius 2 is 0.889 bits per heavy atom. The van der Waals surface area contributed by atoms with Gasteiger partial charge in [0.05, 0.1) is 0 Å². The first-order valence-corrected chi connectivity index (χ1v) is 5.97. The minimum atomic E-state index is 0.789. The molecule has 0 heterocycles. The first-order valence-electron chi connectivity index (χ1n) is 5.97. The lowest BCUT2D eigenvalue weighted by molar-refractivity contribution is 1.51. The van der Waals surface area contributed by atoms with E-state index in [1.54, 1.807) is 0 Å². The van der Waals surface area contributed by atoms with Crippen molar-refractivity contribution in [3.8, 4) is 0 Å². The average Bonchev–Trinajstić information content (AvgIpc) is 2.39. The number of allylic oxidation sites excluding steroid dienone is 2. The molecule has 0 aliphatic heterocycles. The van der Waals surface area contributed by atoms with Crippen LogP contribution < -0.4 is 11.5 Å². The van der Waals surface area contributed by atoms with Gasteiger partial charge in [0, 0.05) is 11.4 Å². The quantitative estimate of drug-likeness (QED) is 0.617. The Morgan fingerprint density at radius 1 is 0.611 bits per heavy atom. The van der Waals surface area contributed by atoms with Gasteiger partial charge in [-0.25, -0.2) is 0 Å². The van der Waals surface area contributed by atoms with Crippen molar-refractivity contribution in [2.75, 3.05) is 11.5 Å². The van der Waals surface area contributed by atoms with Gasteiger partial charge in [-0.15, -0.1) is 0 Å². The summed E-state index contributed by atoms with van der Waals surface area (Å²) in [4.78, 5) is 0. The van der Waals surface area contributed by atoms with Crippen LogP contribution in [0.15, 0.2) is 48.5 Å². The predicted molar refractivity (Wildman–Crippen MR) is 79.9 cm³/mol. The van der Waals surface area contributed by atoms with E-state index in [4.69, 9.17) is 11.5 Å². The molecule has 0 saturated heterocycles. The monoisotopic (exact) mass is 238 g/mol. The molecule has 0 bridgehead atoms. The zero-order valence-electron chi connectivity index (χ0n) is 10.8. The number of rotatable bonds is 2. The van der Waals surface area contributed by atoms with E-state index in [1.165, 1.54) is 22.3 Å². The second-order valence-electron chi connectivity index (χ2n) is 4.49. The predicted octanol–water partition coefficient (Wildman–Crippen LogP) is 3.80. The van der Waals surface area contributed by atoms with Crippen LogP contribution in [0.3, 0.4) is 0 Å². The summed E-state index contributed by atoms with van der Waals surface area (Å²) in [7, 11) is 0. The summed E-state index contributed by atoms with van der Waals surface area (Å²) in [5.74, 6) is 0. The van der Waals surface area contributed by atoms with Crippen LogP contribution in [-0.4, -0.2) is 0 Å². The van der Waals surface area contributed by atoms with Gasteiger partial charge in [-0.2, -0.15) is 0 Å². The Bertz CT molecular complexity index is 510. The number of anilines is 2. The lowest BCUT2D eigenvalue weighted by Crippen LogP contribution is -1.89. The number of benzene rings is 2. The van der Waals surface area contributed by atoms with Crippen LogP contribution in [0.4, 0.5) is 11.4 Å². The maximum absolute atomic E-state index is 5.70. The van der Waals surface area contributed by atoms with Gasteiger partial charge in [-0.05, 0) is 60.4 Å². The molecular formula is C16H18N2. The van der Waals surface area contributed by atoms with Crippen molar-refractivity contribution < 1.29 is 0 Å². The van der Waals surface area contributed by atoms with E-state index < -0.39 is 0 Å². The average molecular weight is 238 g/mol. The molecule has 2 aromatic carbocycles. The van der Waals surface area contributed by atoms with Crippen molar-refractivity contribution in [1.29, 1.82) is 0 Å². The van der Waals surface area contributed by atoms with E-state index in [-0.39, 0.29) is 0 Å². The van der Waals surface area contributed by atoms with Crippen LogP contribution in [0, 0.1) is 0 Å². The van der Waals surface area contributed by atoms with Crippen molar-refractivity contribution in [2.24, 2.45) is 0 Å². The molecule has 0 aliphatic carbocycles. The summed E-state index contributed by atoms with van der Waals surface area (Å²) in [5, 5.41) is 0. The SMILES string of the molecule is C/C(=C(\C)c1ccc(N)cc1)c1ccc(N)cc1. The highest BCUT2D eigenvalue weighted by Gasteiger charge is 2.03. The van der Waals surface area contributed by atoms with Crippen LogP contribution in [-0.2, 0) is 0 Å². The number of nitrogens with two attached hydrogens (primary N) is 2. The molecule has 18 heavy (non-hydrogen) atoms. The van der Waals surface area contributed by atoms with Gasteiger partial charge in [0.1, 0.15) is 0 Å². The van der Waals surface area contributed by atoms with Crippen LogP contribution in [0.1, 0.15) is 25.0 Å². The normalized spacial score (nSPS) is 12.1. The molecule has 0 fully saturated rings. The zero-order chi connectivity index (χ0) is 13.1. The molecule has 0 aromatic heterocycles. The lowest BCUT2D eigenvalue weighted by Gasteiger charge is -2.09. The van der Waals surface area contributed by atoms with Gasteiger partial charge < -0.3 is 11.5 Å². The molecule has 2 rings (SSSR count). The molecule has 0 unspecified atom stereocenters. The number of nitrogen functional groups attached to an aromatic ring is 2. The summed E-state index contributed by atoms with van der Waals surface area (Å²) in [6.07, 6.45) is 0. The second-order valence-corrected chi connectivity index (χ2v) is 4.49. The Kier molecular flexibility index (Phi) is 3.38. The van der Waals surface area contributed by atoms with E-state index in [1.807, 2.05) is 48.5 Å². The summed E-state index contributed by atoms with van der Waals surface area (Å²) < 4.78 is 0. The Morgan fingerprint density at radius 3 is 1.17 bits per heavy atom. The van der Waals surface area contributed by atoms with Crippen molar-refractivity contribution in [3.05, 3.63) is 59.7 Å². The van der Waals surface area contributed by atoms with E-state index >= 15 is 0 Å². The van der Waals surface area contributed by atoms with Gasteiger partial charge in [-0.3, -0.25) is 0 Å². The van der Waals surface area contributed by atoms with Crippen LogP contribution in [0.5, 0.6) is 0 Å². The minimum Gasteiger partial charge on any atom is -0.399 e. The third-order valence-electron chi connectivity index (χ3n) is 3.25. The van der Waals surface area contributed by atoms with Crippen molar-refractivity contribution in [2.45, 2.75) is 13.8 Å². The minimum absolute atomic E-state index is 0.789. The first-order chi connectivity index (χ1) is 8.58. The molecule has 0 saturated carbocycles. The van der Waals surface area contributed by atoms with Gasteiger partial charge in [-0.1, -0.05) is 24.3 Å². The summed E-state index contributed by atoms with van der Waals surface area (Å²) in [6, 6.07) is 15.9. The smallest absolute Gasteiger partial charge is 0.0314 e. The van der Waals surface area contributed by atoms with Crippen LogP contribution >= 0.6 is 0 Å². The van der Waals surface area contributed by atoms with Crippen molar-refractivity contribution in [3.63, 3.8) is 0 Å². The molecule has 4 N–H and O–H groups in total. The van der Waals surface area contributed by atoms with Gasteiger partial charge in [0.15, 0.2) is 0 Å². The molecule has 0 amide bonds. The molecule has 2 nitrogen and oxygen atoms in total. The van der Waals surface area contributed by atoms with Crippen LogP contribution in [0.2, 0.25) is 0 Å². The standard InChI is InChI=1S/C16H18N2/c1-11(13-3-7-15(17)8-4-13)12(2)14-5-9-16(18)10-6-14/h3-10H,17-18H2,1-2H3/b12-11-. The van der Waals surface area contributed by atoms with Gasteiger partial charge in [0.25, 0.3) is 0 Å². The molecule has 0 atom stereocenters. The number of hydrogen-bond donors (Lipinski definition) is 2. The van der Waals surface area contributed by atoms with Crippen LogP contribution in [0.25, 0.3) is 11.1 Å². The summed E-state index contributed by atoms with van der Waals surface area (Å²) >= 11 is 0. The molecule has 0 aliphatic rings. The first kappa shape index (κ1) is 12.2. The van der Waals surface area contributed by atoms with E-state index in [0.717, 1.165) is 11.4 Å². The topological polar surface area (TPSA) is 52.0 Å². The van der Waals surface area contributed by atoms with E-state index in [0.29, 0.717) is 0 Å². The fourth-order valence-corrected chi connectivity index (χ4v) is 1.90. The van der Waals surface area contributed by atoms with E-state index in [2.05, 4.69) is 13.8 Å². The molecule has 0 spiro atoms. The maximum atomic E-state index is 5.70. The second kappa shape index (κ2) is 4.96. The lowest BCUT2D eigenvalue weighted by atomic mass is 9.97. The molecule has 2 heteroatoms. The molecular weight excluding hydrogens is 220 g/mol. The fourth-order valence-electron chi connectivity index (χ4n) is 1.90. The largest absolute Gasteiger partial charge is 0.399 e. The molecule has 2 aromatic rings. The summed E-state index contributed by atoms with van der Waals surface area (Å²) in [6.45, 7) is 4.24. The Balaban J connectivity index is 2.40. The third kappa shape index (κ3) is 2.54. The fraction of sp³-hybridized carbons (Fsp3) is 0.125. The highest BCUT2D eigenvalue weighted by molar-refractivity contribution is 5.89. The van der Waals surface area contributed by atoms with E-state index in [9.17, 15) is 0 Å². The highest BCUT2D eigenvalue weighted by Crippen LogP contribution is 2.26. The van der Waals surface area contributed by atoms with Gasteiger partial charge in [0.2, 0.25) is 0 Å². The Labute approximate surface area is 108 Å². The van der Waals surface area contributed by atoms with Crippen molar-refractivity contribution >= 4 is 22.5 Å². The molecule has 92 valence electrons. The summed E-state index contributed by atoms with van der Waals surface area (Å²) in [5.41, 5.74) is 17.9. The molecule has 0 radical (unpaired) electrons. The van der Waals surface area contributed by atoms with Gasteiger partial charge >= 0.3 is 0 Å². The highest BCUT2D eigenvalue weighted by atomic mass is 14.5. The maximum Gasteiger partial charge on any atom is 0.0314 e. The number of hydrogen-bond acceptors (Lipinski definition) is 2. The third-order valence-corrected chi connectivity index (χ3v) is 3.25.